The molecule has 0 amide bonds. The van der Waals surface area contributed by atoms with E-state index in [1.54, 1.807) is 0 Å². The average molecular weight is 139 g/mol. The highest BCUT2D eigenvalue weighted by Crippen LogP contribution is 2.16. The molecule has 0 aliphatic carbocycles. The van der Waals surface area contributed by atoms with Gasteiger partial charge in [0, 0.05) is 5.92 Å². The van der Waals surface area contributed by atoms with Crippen molar-refractivity contribution in [2.45, 2.75) is 40.0 Å². The van der Waals surface area contributed by atoms with Gasteiger partial charge in [-0.2, -0.15) is 5.26 Å². The fourth-order valence-electron chi connectivity index (χ4n) is 0.903. The number of rotatable bonds is 4. The maximum absolute atomic E-state index is 8.55. The molecule has 0 bridgehead atoms. The maximum atomic E-state index is 8.55. The minimum Gasteiger partial charge on any atom is -0.198 e. The molecule has 1 heteroatoms. The summed E-state index contributed by atoms with van der Waals surface area (Å²) in [7, 11) is 0. The van der Waals surface area contributed by atoms with Gasteiger partial charge in [-0.1, -0.05) is 26.7 Å². The molecule has 0 aliphatic rings. The van der Waals surface area contributed by atoms with Crippen LogP contribution in [0.5, 0.6) is 0 Å². The molecular weight excluding hydrogens is 122 g/mol. The van der Waals surface area contributed by atoms with Crippen LogP contribution in [0.25, 0.3) is 0 Å². The van der Waals surface area contributed by atoms with E-state index in [-0.39, 0.29) is 5.92 Å². The van der Waals surface area contributed by atoms with Crippen molar-refractivity contribution in [1.82, 2.24) is 0 Å². The lowest BCUT2D eigenvalue weighted by molar-refractivity contribution is 0.421. The van der Waals surface area contributed by atoms with E-state index < -0.39 is 0 Å². The van der Waals surface area contributed by atoms with Gasteiger partial charge in [-0.05, 0) is 19.3 Å². The van der Waals surface area contributed by atoms with Gasteiger partial charge in [0.05, 0.1) is 6.07 Å². The molecule has 0 rings (SSSR count). The average Bonchev–Trinajstić information content (AvgIpc) is 1.98. The predicted molar refractivity (Wildman–Crippen MR) is 43.5 cm³/mol. The lowest BCUT2D eigenvalue weighted by Crippen LogP contribution is -2.04. The van der Waals surface area contributed by atoms with Crippen LogP contribution in [0.3, 0.4) is 0 Å². The number of hydrogen-bond donors (Lipinski definition) is 0. The van der Waals surface area contributed by atoms with E-state index in [1.807, 2.05) is 6.92 Å². The van der Waals surface area contributed by atoms with Crippen LogP contribution in [0.15, 0.2) is 0 Å². The fourth-order valence-corrected chi connectivity index (χ4v) is 0.903. The van der Waals surface area contributed by atoms with Gasteiger partial charge < -0.3 is 0 Å². The molecule has 0 saturated carbocycles. The summed E-state index contributed by atoms with van der Waals surface area (Å²) in [5.41, 5.74) is 0. The lowest BCUT2D eigenvalue weighted by Gasteiger charge is -2.11. The molecule has 0 fully saturated rings. The van der Waals surface area contributed by atoms with Gasteiger partial charge in [0.1, 0.15) is 0 Å². The normalized spacial score (nSPS) is 15.8. The third-order valence-electron chi connectivity index (χ3n) is 2.07. The zero-order chi connectivity index (χ0) is 7.98. The first kappa shape index (κ1) is 9.49. The van der Waals surface area contributed by atoms with Crippen LogP contribution in [-0.2, 0) is 0 Å². The topological polar surface area (TPSA) is 23.8 Å². The molecule has 0 aliphatic heterocycles. The second-order valence-electron chi connectivity index (χ2n) is 3.04. The molecule has 0 radical (unpaired) electrons. The Bertz CT molecular complexity index is 112. The van der Waals surface area contributed by atoms with Gasteiger partial charge in [0.25, 0.3) is 0 Å². The Morgan fingerprint density at radius 2 is 2.00 bits per heavy atom. The second kappa shape index (κ2) is 5.29. The number of nitriles is 1. The smallest absolute Gasteiger partial charge is 0.0655 e. The van der Waals surface area contributed by atoms with Crippen LogP contribution < -0.4 is 0 Å². The second-order valence-corrected chi connectivity index (χ2v) is 3.04. The van der Waals surface area contributed by atoms with E-state index in [1.165, 1.54) is 19.3 Å². The van der Waals surface area contributed by atoms with E-state index in [0.717, 1.165) is 0 Å². The molecule has 0 aromatic heterocycles. The summed E-state index contributed by atoms with van der Waals surface area (Å²) in [5.74, 6) is 0.802. The molecule has 0 spiro atoms. The summed E-state index contributed by atoms with van der Waals surface area (Å²) in [6.07, 6.45) is 3.70. The van der Waals surface area contributed by atoms with Gasteiger partial charge in [-0.25, -0.2) is 0 Å². The van der Waals surface area contributed by atoms with Gasteiger partial charge in [0.15, 0.2) is 0 Å². The molecule has 0 aromatic rings. The van der Waals surface area contributed by atoms with Crippen molar-refractivity contribution in [3.05, 3.63) is 0 Å². The van der Waals surface area contributed by atoms with E-state index in [9.17, 15) is 0 Å². The molecular formula is C9H17N. The molecule has 2 atom stereocenters. The van der Waals surface area contributed by atoms with Crippen LogP contribution in [0, 0.1) is 23.2 Å². The largest absolute Gasteiger partial charge is 0.198 e. The molecule has 0 aromatic carbocycles. The van der Waals surface area contributed by atoms with Crippen molar-refractivity contribution in [3.8, 4) is 6.07 Å². The van der Waals surface area contributed by atoms with Gasteiger partial charge >= 0.3 is 0 Å². The predicted octanol–water partition coefficient (Wildman–Crippen LogP) is 2.97. The van der Waals surface area contributed by atoms with Crippen molar-refractivity contribution in [2.75, 3.05) is 0 Å². The summed E-state index contributed by atoms with van der Waals surface area (Å²) in [5, 5.41) is 8.55. The lowest BCUT2D eigenvalue weighted by atomic mass is 9.92. The van der Waals surface area contributed by atoms with Gasteiger partial charge in [-0.15, -0.1) is 0 Å². The SMILES string of the molecule is CCCCC(C)C(C)C#N. The Morgan fingerprint density at radius 1 is 1.40 bits per heavy atom. The Kier molecular flexibility index (Phi) is 5.02. The van der Waals surface area contributed by atoms with Gasteiger partial charge in [0.2, 0.25) is 0 Å². The first-order chi connectivity index (χ1) is 4.72. The Labute approximate surface area is 64.1 Å². The van der Waals surface area contributed by atoms with Crippen LogP contribution in [0.1, 0.15) is 40.0 Å². The van der Waals surface area contributed by atoms with Crippen LogP contribution in [0.2, 0.25) is 0 Å². The van der Waals surface area contributed by atoms with E-state index >= 15 is 0 Å². The highest BCUT2D eigenvalue weighted by Gasteiger charge is 2.09. The molecule has 0 saturated heterocycles. The highest BCUT2D eigenvalue weighted by atomic mass is 14.3. The fraction of sp³-hybridized carbons (Fsp3) is 0.889. The first-order valence-corrected chi connectivity index (χ1v) is 4.12. The van der Waals surface area contributed by atoms with E-state index in [2.05, 4.69) is 19.9 Å². The molecule has 0 N–H and O–H groups in total. The van der Waals surface area contributed by atoms with Crippen LogP contribution >= 0.6 is 0 Å². The summed E-state index contributed by atoms with van der Waals surface area (Å²) < 4.78 is 0. The van der Waals surface area contributed by atoms with Gasteiger partial charge in [-0.3, -0.25) is 0 Å². The molecule has 0 heterocycles. The highest BCUT2D eigenvalue weighted by molar-refractivity contribution is 4.82. The summed E-state index contributed by atoms with van der Waals surface area (Å²) in [6, 6.07) is 2.27. The minimum atomic E-state index is 0.228. The molecule has 2 unspecified atom stereocenters. The Morgan fingerprint density at radius 3 is 2.40 bits per heavy atom. The van der Waals surface area contributed by atoms with E-state index in [4.69, 9.17) is 5.26 Å². The third-order valence-corrected chi connectivity index (χ3v) is 2.07. The van der Waals surface area contributed by atoms with E-state index in [0.29, 0.717) is 5.92 Å². The quantitative estimate of drug-likeness (QED) is 0.587. The first-order valence-electron chi connectivity index (χ1n) is 4.12. The monoisotopic (exact) mass is 139 g/mol. The van der Waals surface area contributed by atoms with Crippen molar-refractivity contribution < 1.29 is 0 Å². The standard InChI is InChI=1S/C9H17N/c1-4-5-6-8(2)9(3)7-10/h8-9H,4-6H2,1-3H3. The number of nitrogens with zero attached hydrogens (tertiary/aromatic N) is 1. The van der Waals surface area contributed by atoms with Crippen molar-refractivity contribution in [3.63, 3.8) is 0 Å². The molecule has 58 valence electrons. The van der Waals surface area contributed by atoms with Crippen molar-refractivity contribution >= 4 is 0 Å². The molecule has 10 heavy (non-hydrogen) atoms. The van der Waals surface area contributed by atoms with Crippen molar-refractivity contribution in [2.24, 2.45) is 11.8 Å². The zero-order valence-corrected chi connectivity index (χ0v) is 7.22. The zero-order valence-electron chi connectivity index (χ0n) is 7.22. The number of hydrogen-bond acceptors (Lipinski definition) is 1. The minimum absolute atomic E-state index is 0.228. The maximum Gasteiger partial charge on any atom is 0.0655 e. The number of unbranched alkanes of at least 4 members (excludes halogenated alkanes) is 1. The Hall–Kier alpha value is -0.510. The van der Waals surface area contributed by atoms with Crippen LogP contribution in [0.4, 0.5) is 0 Å². The van der Waals surface area contributed by atoms with Crippen LogP contribution in [-0.4, -0.2) is 0 Å². The molecule has 1 nitrogen and oxygen atoms in total. The van der Waals surface area contributed by atoms with Crippen molar-refractivity contribution in [1.29, 1.82) is 5.26 Å². The summed E-state index contributed by atoms with van der Waals surface area (Å²) in [6.45, 7) is 6.34. The third kappa shape index (κ3) is 3.50. The summed E-state index contributed by atoms with van der Waals surface area (Å²) >= 11 is 0. The summed E-state index contributed by atoms with van der Waals surface area (Å²) in [4.78, 5) is 0. The Balaban J connectivity index is 3.43.